The Labute approximate surface area is 192 Å². The number of nitrogens with zero attached hydrogens (tertiary/aromatic N) is 2. The topological polar surface area (TPSA) is 60.2 Å². The van der Waals surface area contributed by atoms with Crippen LogP contribution < -0.4 is 4.74 Å². The van der Waals surface area contributed by atoms with Crippen LogP contribution in [0.5, 0.6) is 5.75 Å². The smallest absolute Gasteiger partial charge is 0.330 e. The molecule has 0 saturated carbocycles. The first kappa shape index (κ1) is 25.3. The molecule has 0 aliphatic rings. The highest BCUT2D eigenvalue weighted by Crippen LogP contribution is 2.21. The lowest BCUT2D eigenvalue weighted by Crippen LogP contribution is -2.01. The predicted octanol–water partition coefficient (Wildman–Crippen LogP) is 8.11. The number of rotatable bonds is 17. The maximum atomic E-state index is 10.9. The quantitative estimate of drug-likeness (QED) is 0.109. The van der Waals surface area contributed by atoms with Crippen molar-refractivity contribution in [1.29, 1.82) is 0 Å². The molecule has 5 heteroatoms. The maximum absolute atomic E-state index is 10.9. The van der Waals surface area contributed by atoms with Crippen LogP contribution in [0.3, 0.4) is 0 Å². The Kier molecular flexibility index (Phi) is 13.2. The highest BCUT2D eigenvalue weighted by molar-refractivity contribution is 5.81. The number of hydrogen-bond donors (Lipinski definition) is 0. The normalized spacial score (nSPS) is 10.9. The van der Waals surface area contributed by atoms with Gasteiger partial charge < -0.3 is 9.47 Å². The van der Waals surface area contributed by atoms with E-state index >= 15 is 0 Å². The molecule has 0 atom stereocenters. The van der Waals surface area contributed by atoms with Crippen LogP contribution in [0.4, 0.5) is 11.4 Å². The van der Waals surface area contributed by atoms with Crippen LogP contribution in [0.25, 0.3) is 0 Å². The first-order valence-corrected chi connectivity index (χ1v) is 11.8. The lowest BCUT2D eigenvalue weighted by molar-refractivity contribution is -0.137. The van der Waals surface area contributed by atoms with E-state index < -0.39 is 0 Å². The van der Waals surface area contributed by atoms with Gasteiger partial charge in [0.2, 0.25) is 0 Å². The van der Waals surface area contributed by atoms with Gasteiger partial charge in [0.25, 0.3) is 0 Å². The van der Waals surface area contributed by atoms with Gasteiger partial charge in [0.05, 0.1) is 24.6 Å². The van der Waals surface area contributed by atoms with Crippen molar-refractivity contribution in [2.45, 2.75) is 64.2 Å². The zero-order chi connectivity index (χ0) is 22.7. The second-order valence-electron chi connectivity index (χ2n) is 7.79. The van der Waals surface area contributed by atoms with Gasteiger partial charge in [-0.25, -0.2) is 4.79 Å². The largest absolute Gasteiger partial charge is 0.494 e. The number of azo groups is 1. The summed E-state index contributed by atoms with van der Waals surface area (Å²) in [6, 6.07) is 17.5. The molecule has 2 aromatic rings. The summed E-state index contributed by atoms with van der Waals surface area (Å²) in [4.78, 5) is 10.9. The van der Waals surface area contributed by atoms with Gasteiger partial charge >= 0.3 is 5.97 Å². The number of benzene rings is 2. The summed E-state index contributed by atoms with van der Waals surface area (Å²) in [7, 11) is 0. The third-order valence-electron chi connectivity index (χ3n) is 5.09. The minimum absolute atomic E-state index is 0.324. The third kappa shape index (κ3) is 12.0. The number of ether oxygens (including phenoxy) is 2. The Balaban J connectivity index is 1.41. The molecule has 2 rings (SSSR count). The zero-order valence-electron chi connectivity index (χ0n) is 19.1. The molecular formula is C27H36N2O3. The molecule has 0 unspecified atom stereocenters. The number of unbranched alkanes of at least 4 members (excludes halogenated alkanes) is 9. The lowest BCUT2D eigenvalue weighted by atomic mass is 10.1. The second-order valence-corrected chi connectivity index (χ2v) is 7.79. The average Bonchev–Trinajstić information content (AvgIpc) is 2.84. The molecule has 0 bridgehead atoms. The SMILES string of the molecule is C=CC(=O)OCCCCCCCCCCCCOc1ccc(N=Nc2ccccc2)cc1. The molecule has 2 aromatic carbocycles. The van der Waals surface area contributed by atoms with E-state index in [2.05, 4.69) is 16.8 Å². The summed E-state index contributed by atoms with van der Waals surface area (Å²) in [5, 5.41) is 8.46. The molecule has 32 heavy (non-hydrogen) atoms. The Hall–Kier alpha value is -2.95. The van der Waals surface area contributed by atoms with E-state index in [1.165, 1.54) is 51.0 Å². The van der Waals surface area contributed by atoms with Crippen molar-refractivity contribution in [2.75, 3.05) is 13.2 Å². The molecule has 0 aromatic heterocycles. The molecule has 0 aliphatic heterocycles. The Bertz CT molecular complexity index is 788. The number of carbonyl (C=O) groups is 1. The molecule has 0 spiro atoms. The van der Waals surface area contributed by atoms with Crippen LogP contribution in [0.15, 0.2) is 77.5 Å². The minimum Gasteiger partial charge on any atom is -0.494 e. The van der Waals surface area contributed by atoms with Crippen molar-refractivity contribution < 1.29 is 14.3 Å². The van der Waals surface area contributed by atoms with Gasteiger partial charge in [-0.3, -0.25) is 0 Å². The molecule has 0 amide bonds. The monoisotopic (exact) mass is 436 g/mol. The molecule has 0 N–H and O–H groups in total. The Morgan fingerprint density at radius 2 is 1.19 bits per heavy atom. The first-order valence-electron chi connectivity index (χ1n) is 11.8. The van der Waals surface area contributed by atoms with E-state index in [0.29, 0.717) is 6.61 Å². The van der Waals surface area contributed by atoms with Gasteiger partial charge in [0.15, 0.2) is 0 Å². The number of esters is 1. The third-order valence-corrected chi connectivity index (χ3v) is 5.09. The van der Waals surface area contributed by atoms with Crippen molar-refractivity contribution in [3.63, 3.8) is 0 Å². The van der Waals surface area contributed by atoms with Crippen LogP contribution in [0.2, 0.25) is 0 Å². The molecule has 5 nitrogen and oxygen atoms in total. The van der Waals surface area contributed by atoms with Gasteiger partial charge in [0, 0.05) is 6.08 Å². The lowest BCUT2D eigenvalue weighted by Gasteiger charge is -2.06. The van der Waals surface area contributed by atoms with Crippen LogP contribution in [-0.4, -0.2) is 19.2 Å². The number of hydrogen-bond acceptors (Lipinski definition) is 5. The summed E-state index contributed by atoms with van der Waals surface area (Å²) in [6.07, 6.45) is 13.2. The van der Waals surface area contributed by atoms with E-state index in [4.69, 9.17) is 9.47 Å². The highest BCUT2D eigenvalue weighted by Gasteiger charge is 1.98. The predicted molar refractivity (Wildman–Crippen MR) is 130 cm³/mol. The van der Waals surface area contributed by atoms with Crippen molar-refractivity contribution in [2.24, 2.45) is 10.2 Å². The van der Waals surface area contributed by atoms with Crippen LogP contribution in [0, 0.1) is 0 Å². The first-order chi connectivity index (χ1) is 15.8. The summed E-state index contributed by atoms with van der Waals surface area (Å²) < 4.78 is 10.8. The van der Waals surface area contributed by atoms with Crippen LogP contribution in [-0.2, 0) is 9.53 Å². The fourth-order valence-corrected chi connectivity index (χ4v) is 3.26. The average molecular weight is 437 g/mol. The Morgan fingerprint density at radius 3 is 1.75 bits per heavy atom. The number of carbonyl (C=O) groups excluding carboxylic acids is 1. The fourth-order valence-electron chi connectivity index (χ4n) is 3.26. The van der Waals surface area contributed by atoms with Crippen molar-refractivity contribution in [1.82, 2.24) is 0 Å². The molecule has 0 fully saturated rings. The van der Waals surface area contributed by atoms with Gasteiger partial charge in [-0.05, 0) is 49.2 Å². The van der Waals surface area contributed by atoms with Crippen molar-refractivity contribution in [3.8, 4) is 5.75 Å². The van der Waals surface area contributed by atoms with Gasteiger partial charge in [-0.1, -0.05) is 76.1 Å². The molecule has 172 valence electrons. The zero-order valence-corrected chi connectivity index (χ0v) is 19.1. The van der Waals surface area contributed by atoms with Crippen LogP contribution >= 0.6 is 0 Å². The molecular weight excluding hydrogens is 400 g/mol. The fraction of sp³-hybridized carbons (Fsp3) is 0.444. The van der Waals surface area contributed by atoms with E-state index in [9.17, 15) is 4.79 Å². The van der Waals surface area contributed by atoms with Crippen LogP contribution in [0.1, 0.15) is 64.2 Å². The highest BCUT2D eigenvalue weighted by atomic mass is 16.5. The van der Waals surface area contributed by atoms with Crippen molar-refractivity contribution >= 4 is 17.3 Å². The maximum Gasteiger partial charge on any atom is 0.330 e. The van der Waals surface area contributed by atoms with Crippen molar-refractivity contribution in [3.05, 3.63) is 67.3 Å². The molecule has 0 saturated heterocycles. The summed E-state index contributed by atoms with van der Waals surface area (Å²) in [6.45, 7) is 4.65. The van der Waals surface area contributed by atoms with E-state index in [0.717, 1.165) is 43.0 Å². The van der Waals surface area contributed by atoms with Gasteiger partial charge in [-0.2, -0.15) is 10.2 Å². The van der Waals surface area contributed by atoms with Gasteiger partial charge in [0.1, 0.15) is 5.75 Å². The minimum atomic E-state index is -0.324. The standard InChI is InChI=1S/C27H36N2O3/c1-2-27(30)32-23-15-10-8-6-4-3-5-7-9-14-22-31-26-20-18-25(19-21-26)29-28-24-16-12-11-13-17-24/h2,11-13,16-21H,1,3-10,14-15,22-23H2. The van der Waals surface area contributed by atoms with Gasteiger partial charge in [-0.15, -0.1) is 0 Å². The Morgan fingerprint density at radius 1 is 0.688 bits per heavy atom. The van der Waals surface area contributed by atoms with E-state index in [1.807, 2.05) is 54.6 Å². The molecule has 0 heterocycles. The second kappa shape index (κ2) is 16.7. The summed E-state index contributed by atoms with van der Waals surface area (Å²) >= 11 is 0. The van der Waals surface area contributed by atoms with E-state index in [-0.39, 0.29) is 5.97 Å². The summed E-state index contributed by atoms with van der Waals surface area (Å²) in [5.74, 6) is 0.554. The molecule has 0 aliphatic carbocycles. The summed E-state index contributed by atoms with van der Waals surface area (Å²) in [5.41, 5.74) is 1.66. The van der Waals surface area contributed by atoms with E-state index in [1.54, 1.807) is 0 Å². The molecule has 0 radical (unpaired) electrons.